The highest BCUT2D eigenvalue weighted by Crippen LogP contribution is 2.71. The van der Waals surface area contributed by atoms with E-state index in [1.807, 2.05) is 0 Å². The molecule has 2 heteroatoms. The molecule has 1 aliphatic heterocycles. The molecular formula is C18H27NS. The molecular weight excluding hydrogens is 262 g/mol. The van der Waals surface area contributed by atoms with E-state index in [1.54, 1.807) is 6.42 Å². The molecule has 0 radical (unpaired) electrons. The van der Waals surface area contributed by atoms with Crippen molar-refractivity contribution in [1.29, 1.82) is 0 Å². The molecule has 1 heterocycles. The Morgan fingerprint density at radius 2 is 1.70 bits per heavy atom. The first kappa shape index (κ1) is 12.6. The van der Waals surface area contributed by atoms with E-state index in [-0.39, 0.29) is 0 Å². The average molecular weight is 289 g/mol. The molecule has 0 bridgehead atoms. The number of rotatable bonds is 1. The van der Waals surface area contributed by atoms with Gasteiger partial charge in [-0.25, -0.2) is 0 Å². The van der Waals surface area contributed by atoms with Gasteiger partial charge in [0, 0.05) is 16.5 Å². The van der Waals surface area contributed by atoms with Crippen LogP contribution < -0.4 is 5.73 Å². The van der Waals surface area contributed by atoms with Gasteiger partial charge in [0.1, 0.15) is 0 Å². The molecule has 110 valence electrons. The summed E-state index contributed by atoms with van der Waals surface area (Å²) in [5.41, 5.74) is 6.55. The van der Waals surface area contributed by atoms with Gasteiger partial charge in [0.05, 0.1) is 0 Å². The van der Waals surface area contributed by atoms with E-state index in [1.165, 1.54) is 38.5 Å². The number of allylic oxidation sites excluding steroid dienone is 1. The lowest BCUT2D eigenvalue weighted by Crippen LogP contribution is -2.41. The molecule has 1 nitrogen and oxygen atoms in total. The molecule has 5 rings (SSSR count). The van der Waals surface area contributed by atoms with Gasteiger partial charge in [-0.1, -0.05) is 25.0 Å². The summed E-state index contributed by atoms with van der Waals surface area (Å²) in [5, 5.41) is 1.84. The van der Waals surface area contributed by atoms with Gasteiger partial charge in [-0.2, -0.15) is 11.8 Å². The van der Waals surface area contributed by atoms with Crippen LogP contribution in [0.3, 0.4) is 0 Å². The van der Waals surface area contributed by atoms with E-state index in [4.69, 9.17) is 5.73 Å². The maximum absolute atomic E-state index is 6.55. The number of hydrogen-bond donors (Lipinski definition) is 1. The van der Waals surface area contributed by atoms with Gasteiger partial charge in [0.15, 0.2) is 0 Å². The Hall–Kier alpha value is 0.0500. The van der Waals surface area contributed by atoms with Crippen LogP contribution in [0.4, 0.5) is 0 Å². The SMILES string of the molecule is NC1CCCCC1C1C2SC3C=CCCC3C2[C@@H]2CC12. The molecule has 8 unspecified atom stereocenters. The van der Waals surface area contributed by atoms with Crippen molar-refractivity contribution in [2.45, 2.75) is 61.5 Å². The highest BCUT2D eigenvalue weighted by atomic mass is 32.2. The first-order chi connectivity index (χ1) is 9.84. The Morgan fingerprint density at radius 1 is 0.900 bits per heavy atom. The van der Waals surface area contributed by atoms with Crippen molar-refractivity contribution >= 4 is 11.8 Å². The lowest BCUT2D eigenvalue weighted by atomic mass is 9.72. The van der Waals surface area contributed by atoms with Crippen molar-refractivity contribution < 1.29 is 0 Å². The standard InChI is InChI=1S/C18H27NS/c19-14-7-3-1-5-10(14)16-12-9-13(12)17-11-6-2-4-8-15(11)20-18(16)17/h4,8,10-18H,1-3,5-7,9,19H2/t10?,11?,12?,13-,14?,15?,16?,17?,18?/m1/s1. The molecule has 0 amide bonds. The minimum absolute atomic E-state index is 0.521. The van der Waals surface area contributed by atoms with Crippen molar-refractivity contribution in [2.24, 2.45) is 41.2 Å². The van der Waals surface area contributed by atoms with Crippen molar-refractivity contribution in [3.8, 4) is 0 Å². The summed E-state index contributed by atoms with van der Waals surface area (Å²) in [6.45, 7) is 0. The van der Waals surface area contributed by atoms with Crippen LogP contribution in [0.2, 0.25) is 0 Å². The number of fused-ring (bicyclic) bond motifs is 5. The summed E-state index contributed by atoms with van der Waals surface area (Å²) in [6, 6.07) is 0.521. The third-order valence-corrected chi connectivity index (χ3v) is 8.99. The van der Waals surface area contributed by atoms with E-state index >= 15 is 0 Å². The average Bonchev–Trinajstić information content (AvgIpc) is 3.04. The van der Waals surface area contributed by atoms with Gasteiger partial charge in [-0.15, -0.1) is 0 Å². The van der Waals surface area contributed by atoms with Crippen molar-refractivity contribution in [1.82, 2.24) is 0 Å². The third kappa shape index (κ3) is 1.67. The van der Waals surface area contributed by atoms with Crippen LogP contribution in [-0.2, 0) is 0 Å². The zero-order valence-electron chi connectivity index (χ0n) is 12.3. The van der Waals surface area contributed by atoms with Gasteiger partial charge >= 0.3 is 0 Å². The molecule has 2 N–H and O–H groups in total. The van der Waals surface area contributed by atoms with Gasteiger partial charge in [0.25, 0.3) is 0 Å². The molecule has 5 aliphatic rings. The van der Waals surface area contributed by atoms with Crippen LogP contribution in [-0.4, -0.2) is 16.5 Å². The number of hydrogen-bond acceptors (Lipinski definition) is 2. The van der Waals surface area contributed by atoms with E-state index in [0.717, 1.165) is 46.0 Å². The van der Waals surface area contributed by atoms with E-state index in [0.29, 0.717) is 6.04 Å². The first-order valence-electron chi connectivity index (χ1n) is 8.92. The van der Waals surface area contributed by atoms with Crippen molar-refractivity contribution in [2.75, 3.05) is 0 Å². The topological polar surface area (TPSA) is 26.0 Å². The molecule has 3 saturated carbocycles. The second-order valence-corrected chi connectivity index (χ2v) is 9.43. The zero-order chi connectivity index (χ0) is 13.3. The molecule has 4 aliphatic carbocycles. The highest BCUT2D eigenvalue weighted by Gasteiger charge is 2.66. The van der Waals surface area contributed by atoms with Gasteiger partial charge in [0.2, 0.25) is 0 Å². The van der Waals surface area contributed by atoms with Crippen LogP contribution in [0.25, 0.3) is 0 Å². The Kier molecular flexibility index (Phi) is 2.84. The predicted molar refractivity (Wildman–Crippen MR) is 85.5 cm³/mol. The second-order valence-electron chi connectivity index (χ2n) is 8.06. The van der Waals surface area contributed by atoms with Gasteiger partial charge < -0.3 is 5.73 Å². The Labute approximate surface area is 127 Å². The second kappa shape index (κ2) is 4.52. The summed E-state index contributed by atoms with van der Waals surface area (Å²) in [5.74, 6) is 6.13. The fourth-order valence-electron chi connectivity index (χ4n) is 6.40. The van der Waals surface area contributed by atoms with Crippen molar-refractivity contribution in [3.05, 3.63) is 12.2 Å². The number of thioether (sulfide) groups is 1. The molecule has 4 fully saturated rings. The van der Waals surface area contributed by atoms with Crippen molar-refractivity contribution in [3.63, 3.8) is 0 Å². The van der Waals surface area contributed by atoms with E-state index in [2.05, 4.69) is 23.9 Å². The molecule has 0 aromatic rings. The molecule has 0 aromatic heterocycles. The first-order valence-corrected chi connectivity index (χ1v) is 9.86. The maximum atomic E-state index is 6.55. The lowest BCUT2D eigenvalue weighted by molar-refractivity contribution is 0.191. The van der Waals surface area contributed by atoms with E-state index < -0.39 is 0 Å². The molecule has 9 atom stereocenters. The minimum atomic E-state index is 0.521. The lowest BCUT2D eigenvalue weighted by Gasteiger charge is -2.37. The number of nitrogens with two attached hydrogens (primary N) is 1. The summed E-state index contributed by atoms with van der Waals surface area (Å²) in [7, 11) is 0. The quantitative estimate of drug-likeness (QED) is 0.742. The summed E-state index contributed by atoms with van der Waals surface area (Å²) in [6.07, 6.45) is 14.9. The predicted octanol–water partition coefficient (Wildman–Crippen LogP) is 3.84. The summed E-state index contributed by atoms with van der Waals surface area (Å²) in [4.78, 5) is 0. The zero-order valence-corrected chi connectivity index (χ0v) is 13.1. The molecule has 0 aromatic carbocycles. The van der Waals surface area contributed by atoms with Crippen LogP contribution in [0, 0.1) is 35.5 Å². The van der Waals surface area contributed by atoms with Gasteiger partial charge in [-0.3, -0.25) is 0 Å². The summed E-state index contributed by atoms with van der Waals surface area (Å²) >= 11 is 2.36. The van der Waals surface area contributed by atoms with Crippen LogP contribution >= 0.6 is 11.8 Å². The molecule has 20 heavy (non-hydrogen) atoms. The Morgan fingerprint density at radius 3 is 2.55 bits per heavy atom. The van der Waals surface area contributed by atoms with Gasteiger partial charge in [-0.05, 0) is 67.6 Å². The largest absolute Gasteiger partial charge is 0.327 e. The normalized spacial score (nSPS) is 60.0. The highest BCUT2D eigenvalue weighted by molar-refractivity contribution is 8.01. The smallest absolute Gasteiger partial charge is 0.0261 e. The van der Waals surface area contributed by atoms with Crippen LogP contribution in [0.5, 0.6) is 0 Å². The van der Waals surface area contributed by atoms with E-state index in [9.17, 15) is 0 Å². The molecule has 1 saturated heterocycles. The maximum Gasteiger partial charge on any atom is 0.0261 e. The minimum Gasteiger partial charge on any atom is -0.327 e. The Bertz CT molecular complexity index is 433. The van der Waals surface area contributed by atoms with Crippen LogP contribution in [0.15, 0.2) is 12.2 Å². The third-order valence-electron chi connectivity index (χ3n) is 7.23. The fourth-order valence-corrected chi connectivity index (χ4v) is 8.65. The van der Waals surface area contributed by atoms with Crippen LogP contribution in [0.1, 0.15) is 44.9 Å². The fraction of sp³-hybridized carbons (Fsp3) is 0.889. The monoisotopic (exact) mass is 289 g/mol. The summed E-state index contributed by atoms with van der Waals surface area (Å²) < 4.78 is 0. The Balaban J connectivity index is 1.43. The molecule has 0 spiro atoms.